The van der Waals surface area contributed by atoms with E-state index in [1.54, 1.807) is 31.5 Å². The van der Waals surface area contributed by atoms with Gasteiger partial charge >= 0.3 is 5.69 Å². The van der Waals surface area contributed by atoms with Crippen LogP contribution in [0.25, 0.3) is 17.1 Å². The molecule has 0 aliphatic carbocycles. The quantitative estimate of drug-likeness (QED) is 0.767. The second-order valence-corrected chi connectivity index (χ2v) is 4.56. The highest BCUT2D eigenvalue weighted by atomic mass is 16.2. The van der Waals surface area contributed by atoms with Crippen molar-refractivity contribution in [2.45, 2.75) is 6.92 Å². The Bertz CT molecular complexity index is 880. The summed E-state index contributed by atoms with van der Waals surface area (Å²) < 4.78 is 1.35. The molecule has 21 heavy (non-hydrogen) atoms. The highest BCUT2D eigenvalue weighted by Gasteiger charge is 2.05. The maximum absolute atomic E-state index is 11.8. The molecule has 3 aromatic rings. The van der Waals surface area contributed by atoms with E-state index >= 15 is 0 Å². The lowest BCUT2D eigenvalue weighted by molar-refractivity contribution is 0.875. The monoisotopic (exact) mass is 280 g/mol. The molecule has 104 valence electrons. The Morgan fingerprint density at radius 3 is 2.52 bits per heavy atom. The maximum atomic E-state index is 11.8. The zero-order valence-corrected chi connectivity index (χ0v) is 11.3. The molecule has 0 radical (unpaired) electrons. The Balaban J connectivity index is 2.04. The molecule has 0 aliphatic heterocycles. The van der Waals surface area contributed by atoms with Gasteiger partial charge in [-0.05, 0) is 31.2 Å². The van der Waals surface area contributed by atoms with Crippen molar-refractivity contribution in [2.75, 3.05) is 0 Å². The highest BCUT2D eigenvalue weighted by molar-refractivity contribution is 5.54. The van der Waals surface area contributed by atoms with E-state index in [9.17, 15) is 9.59 Å². The summed E-state index contributed by atoms with van der Waals surface area (Å²) in [6, 6.07) is 9.12. The summed E-state index contributed by atoms with van der Waals surface area (Å²) in [6.07, 6.45) is 4.77. The van der Waals surface area contributed by atoms with E-state index in [4.69, 9.17) is 0 Å². The van der Waals surface area contributed by atoms with Crippen LogP contribution in [-0.2, 0) is 0 Å². The average Bonchev–Trinajstić information content (AvgIpc) is 2.52. The van der Waals surface area contributed by atoms with Crippen LogP contribution in [0.1, 0.15) is 5.56 Å². The van der Waals surface area contributed by atoms with E-state index in [0.717, 1.165) is 5.69 Å². The van der Waals surface area contributed by atoms with Crippen LogP contribution in [0.4, 0.5) is 0 Å². The molecule has 6 nitrogen and oxygen atoms in total. The van der Waals surface area contributed by atoms with E-state index in [1.807, 2.05) is 18.2 Å². The van der Waals surface area contributed by atoms with E-state index in [1.165, 1.54) is 10.8 Å². The van der Waals surface area contributed by atoms with Crippen molar-refractivity contribution >= 4 is 0 Å². The fourth-order valence-electron chi connectivity index (χ4n) is 1.95. The van der Waals surface area contributed by atoms with Crippen molar-refractivity contribution < 1.29 is 0 Å². The van der Waals surface area contributed by atoms with Gasteiger partial charge in [-0.3, -0.25) is 24.3 Å². The van der Waals surface area contributed by atoms with Gasteiger partial charge in [-0.2, -0.15) is 0 Å². The van der Waals surface area contributed by atoms with Gasteiger partial charge in [0.1, 0.15) is 0 Å². The van der Waals surface area contributed by atoms with Gasteiger partial charge in [0.25, 0.3) is 5.56 Å². The summed E-state index contributed by atoms with van der Waals surface area (Å²) in [7, 11) is 0. The standard InChI is InChI=1S/C15H12N4O2/c1-10-9-19(15(21)18-14(10)20)11-5-6-13(17-8-11)12-4-2-3-7-16-12/h2-9H,1H3,(H,18,20,21). The van der Waals surface area contributed by atoms with Crippen LogP contribution >= 0.6 is 0 Å². The van der Waals surface area contributed by atoms with Gasteiger partial charge in [-0.25, -0.2) is 4.79 Å². The molecule has 0 spiro atoms. The van der Waals surface area contributed by atoms with Crippen LogP contribution in [0.15, 0.2) is 58.5 Å². The first-order valence-electron chi connectivity index (χ1n) is 6.35. The zero-order chi connectivity index (χ0) is 14.8. The molecular weight excluding hydrogens is 268 g/mol. The van der Waals surface area contributed by atoms with Gasteiger partial charge in [0.2, 0.25) is 0 Å². The summed E-state index contributed by atoms with van der Waals surface area (Å²) in [5, 5.41) is 0. The molecule has 0 aliphatic rings. The number of nitrogens with zero attached hydrogens (tertiary/aromatic N) is 3. The fraction of sp³-hybridized carbons (Fsp3) is 0.0667. The SMILES string of the molecule is Cc1cn(-c2ccc(-c3ccccn3)nc2)c(=O)[nH]c1=O. The second kappa shape index (κ2) is 5.16. The number of pyridine rings is 2. The van der Waals surface area contributed by atoms with Gasteiger partial charge < -0.3 is 0 Å². The molecule has 3 heterocycles. The van der Waals surface area contributed by atoms with E-state index in [2.05, 4.69) is 15.0 Å². The first-order valence-corrected chi connectivity index (χ1v) is 6.35. The topological polar surface area (TPSA) is 80.6 Å². The Labute approximate surface area is 119 Å². The van der Waals surface area contributed by atoms with Gasteiger partial charge in [0.05, 0.1) is 23.3 Å². The number of H-pyrrole nitrogens is 1. The molecule has 0 aromatic carbocycles. The Hall–Kier alpha value is -3.02. The molecule has 0 fully saturated rings. The lowest BCUT2D eigenvalue weighted by atomic mass is 10.2. The first kappa shape index (κ1) is 13.0. The molecule has 6 heteroatoms. The summed E-state index contributed by atoms with van der Waals surface area (Å²) >= 11 is 0. The van der Waals surface area contributed by atoms with Crippen molar-refractivity contribution in [3.05, 3.63) is 75.3 Å². The Morgan fingerprint density at radius 1 is 1.05 bits per heavy atom. The van der Waals surface area contributed by atoms with Crippen molar-refractivity contribution in [2.24, 2.45) is 0 Å². The lowest BCUT2D eigenvalue weighted by Crippen LogP contribution is -2.29. The van der Waals surface area contributed by atoms with Crippen LogP contribution in [0.3, 0.4) is 0 Å². The summed E-state index contributed by atoms with van der Waals surface area (Å²) in [5.74, 6) is 0. The number of aromatic amines is 1. The van der Waals surface area contributed by atoms with Gasteiger partial charge in [0, 0.05) is 18.0 Å². The van der Waals surface area contributed by atoms with Crippen molar-refractivity contribution in [1.29, 1.82) is 0 Å². The number of rotatable bonds is 2. The Kier molecular flexibility index (Phi) is 3.19. The van der Waals surface area contributed by atoms with Crippen LogP contribution < -0.4 is 11.2 Å². The minimum atomic E-state index is -0.488. The fourth-order valence-corrected chi connectivity index (χ4v) is 1.95. The largest absolute Gasteiger partial charge is 0.332 e. The molecule has 0 atom stereocenters. The predicted octanol–water partition coefficient (Wildman–Crippen LogP) is 1.29. The minimum absolute atomic E-state index is 0.380. The molecule has 1 N–H and O–H groups in total. The second-order valence-electron chi connectivity index (χ2n) is 4.56. The van der Waals surface area contributed by atoms with Crippen molar-refractivity contribution in [1.82, 2.24) is 19.5 Å². The maximum Gasteiger partial charge on any atom is 0.332 e. The van der Waals surface area contributed by atoms with Crippen LogP contribution in [0.5, 0.6) is 0 Å². The van der Waals surface area contributed by atoms with Crippen molar-refractivity contribution in [3.8, 4) is 17.1 Å². The third kappa shape index (κ3) is 2.51. The van der Waals surface area contributed by atoms with E-state index in [0.29, 0.717) is 16.9 Å². The molecule has 0 bridgehead atoms. The molecular formula is C15H12N4O2. The van der Waals surface area contributed by atoms with Gasteiger partial charge in [0.15, 0.2) is 0 Å². The number of aromatic nitrogens is 4. The smallest absolute Gasteiger partial charge is 0.273 e. The van der Waals surface area contributed by atoms with Gasteiger partial charge in [-0.1, -0.05) is 6.07 Å². The molecule has 0 amide bonds. The number of aryl methyl sites for hydroxylation is 1. The third-order valence-electron chi connectivity index (χ3n) is 3.07. The number of nitrogens with one attached hydrogen (secondary N) is 1. The molecule has 3 aromatic heterocycles. The van der Waals surface area contributed by atoms with Crippen LogP contribution in [-0.4, -0.2) is 19.5 Å². The van der Waals surface area contributed by atoms with Crippen LogP contribution in [0.2, 0.25) is 0 Å². The van der Waals surface area contributed by atoms with Gasteiger partial charge in [-0.15, -0.1) is 0 Å². The number of hydrogen-bond donors (Lipinski definition) is 1. The van der Waals surface area contributed by atoms with Crippen LogP contribution in [0, 0.1) is 6.92 Å². The number of hydrogen-bond acceptors (Lipinski definition) is 4. The molecule has 0 saturated heterocycles. The first-order chi connectivity index (χ1) is 10.1. The molecule has 3 rings (SSSR count). The van der Waals surface area contributed by atoms with E-state index in [-0.39, 0.29) is 5.56 Å². The summed E-state index contributed by atoms with van der Waals surface area (Å²) in [4.78, 5) is 34.0. The summed E-state index contributed by atoms with van der Waals surface area (Å²) in [5.41, 5.74) is 1.65. The Morgan fingerprint density at radius 2 is 1.86 bits per heavy atom. The predicted molar refractivity (Wildman–Crippen MR) is 78.4 cm³/mol. The highest BCUT2D eigenvalue weighted by Crippen LogP contribution is 2.14. The lowest BCUT2D eigenvalue weighted by Gasteiger charge is -2.06. The van der Waals surface area contributed by atoms with Crippen molar-refractivity contribution in [3.63, 3.8) is 0 Å². The summed E-state index contributed by atoms with van der Waals surface area (Å²) in [6.45, 7) is 1.64. The van der Waals surface area contributed by atoms with E-state index < -0.39 is 5.69 Å². The molecule has 0 saturated carbocycles. The minimum Gasteiger partial charge on any atom is -0.273 e. The third-order valence-corrected chi connectivity index (χ3v) is 3.07. The average molecular weight is 280 g/mol. The normalized spacial score (nSPS) is 10.5. The molecule has 0 unspecified atom stereocenters. The zero-order valence-electron chi connectivity index (χ0n) is 11.3.